The molecule has 1 unspecified atom stereocenters. The highest BCUT2D eigenvalue weighted by Gasteiger charge is 2.22. The summed E-state index contributed by atoms with van der Waals surface area (Å²) in [5, 5.41) is 11.6. The number of carbonyl (C=O) groups is 2. The van der Waals surface area contributed by atoms with Gasteiger partial charge in [-0.15, -0.1) is 0 Å². The summed E-state index contributed by atoms with van der Waals surface area (Å²) in [6.07, 6.45) is 3.73. The zero-order chi connectivity index (χ0) is 14.5. The highest BCUT2D eigenvalue weighted by atomic mass is 16.3. The van der Waals surface area contributed by atoms with Gasteiger partial charge in [-0.2, -0.15) is 0 Å². The van der Waals surface area contributed by atoms with Gasteiger partial charge in [0.05, 0.1) is 6.54 Å². The van der Waals surface area contributed by atoms with Crippen LogP contribution in [0.4, 0.5) is 0 Å². The van der Waals surface area contributed by atoms with Crippen LogP contribution in [0.3, 0.4) is 0 Å². The first-order valence-electron chi connectivity index (χ1n) is 6.89. The van der Waals surface area contributed by atoms with E-state index in [1.54, 1.807) is 29.9 Å². The van der Waals surface area contributed by atoms with Gasteiger partial charge in [0.2, 0.25) is 5.91 Å². The maximum absolute atomic E-state index is 11.9. The van der Waals surface area contributed by atoms with Crippen molar-refractivity contribution in [2.45, 2.75) is 12.8 Å². The van der Waals surface area contributed by atoms with E-state index in [0.717, 1.165) is 19.4 Å². The average molecular weight is 279 g/mol. The summed E-state index contributed by atoms with van der Waals surface area (Å²) < 4.78 is 1.67. The molecule has 1 atom stereocenters. The predicted octanol–water partition coefficient (Wildman–Crippen LogP) is -0.0142. The van der Waals surface area contributed by atoms with Crippen LogP contribution in [-0.2, 0) is 11.8 Å². The molecule has 0 spiro atoms. The molecule has 0 aromatic carbocycles. The average Bonchev–Trinajstić information content (AvgIpc) is 2.85. The van der Waals surface area contributed by atoms with Crippen molar-refractivity contribution in [1.29, 1.82) is 0 Å². The van der Waals surface area contributed by atoms with Gasteiger partial charge >= 0.3 is 0 Å². The topological polar surface area (TPSA) is 74.6 Å². The second kappa shape index (κ2) is 6.67. The SMILES string of the molecule is Cn1cccc1C(=O)NC(=O)CN1CCCC(CO)C1. The molecule has 1 aromatic heterocycles. The molecule has 6 nitrogen and oxygen atoms in total. The van der Waals surface area contributed by atoms with E-state index in [2.05, 4.69) is 5.32 Å². The Hall–Kier alpha value is -1.66. The van der Waals surface area contributed by atoms with Gasteiger partial charge in [-0.05, 0) is 37.4 Å². The minimum atomic E-state index is -0.377. The molecule has 1 saturated heterocycles. The van der Waals surface area contributed by atoms with Crippen molar-refractivity contribution >= 4 is 11.8 Å². The van der Waals surface area contributed by atoms with Crippen molar-refractivity contribution in [3.63, 3.8) is 0 Å². The van der Waals surface area contributed by atoms with Crippen molar-refractivity contribution in [3.05, 3.63) is 24.0 Å². The summed E-state index contributed by atoms with van der Waals surface area (Å²) in [7, 11) is 1.76. The van der Waals surface area contributed by atoms with Crippen molar-refractivity contribution in [2.24, 2.45) is 13.0 Å². The lowest BCUT2D eigenvalue weighted by molar-refractivity contribution is -0.121. The monoisotopic (exact) mass is 279 g/mol. The van der Waals surface area contributed by atoms with Crippen LogP contribution in [0.5, 0.6) is 0 Å². The van der Waals surface area contributed by atoms with Crippen LogP contribution >= 0.6 is 0 Å². The Labute approximate surface area is 118 Å². The van der Waals surface area contributed by atoms with E-state index in [1.165, 1.54) is 0 Å². The number of likely N-dealkylation sites (tertiary alicyclic amines) is 1. The van der Waals surface area contributed by atoms with Crippen molar-refractivity contribution in [2.75, 3.05) is 26.2 Å². The molecule has 2 N–H and O–H groups in total. The first-order valence-corrected chi connectivity index (χ1v) is 6.89. The fourth-order valence-corrected chi connectivity index (χ4v) is 2.57. The highest BCUT2D eigenvalue weighted by Crippen LogP contribution is 2.15. The number of amides is 2. The molecule has 0 radical (unpaired) electrons. The van der Waals surface area contributed by atoms with E-state index in [0.29, 0.717) is 12.2 Å². The second-order valence-corrected chi connectivity index (χ2v) is 5.31. The first-order chi connectivity index (χ1) is 9.60. The normalized spacial score (nSPS) is 19.8. The summed E-state index contributed by atoms with van der Waals surface area (Å²) in [4.78, 5) is 25.7. The minimum absolute atomic E-state index is 0.153. The number of rotatable bonds is 4. The van der Waals surface area contributed by atoms with E-state index in [-0.39, 0.29) is 30.9 Å². The Bertz CT molecular complexity index is 484. The second-order valence-electron chi connectivity index (χ2n) is 5.31. The maximum Gasteiger partial charge on any atom is 0.274 e. The van der Waals surface area contributed by atoms with Gasteiger partial charge in [0.25, 0.3) is 5.91 Å². The number of carbonyl (C=O) groups excluding carboxylic acids is 2. The molecule has 2 amide bonds. The van der Waals surface area contributed by atoms with Gasteiger partial charge in [-0.1, -0.05) is 0 Å². The lowest BCUT2D eigenvalue weighted by atomic mass is 9.99. The molecule has 110 valence electrons. The quantitative estimate of drug-likeness (QED) is 0.812. The number of nitrogens with zero attached hydrogens (tertiary/aromatic N) is 2. The Kier molecular flexibility index (Phi) is 4.92. The number of hydrogen-bond acceptors (Lipinski definition) is 4. The fourth-order valence-electron chi connectivity index (χ4n) is 2.57. The molecule has 1 aliphatic rings. The van der Waals surface area contributed by atoms with E-state index in [9.17, 15) is 9.59 Å². The van der Waals surface area contributed by atoms with Crippen LogP contribution in [0.15, 0.2) is 18.3 Å². The number of imide groups is 1. The summed E-state index contributed by atoms with van der Waals surface area (Å²) in [6, 6.07) is 3.43. The third-order valence-corrected chi connectivity index (χ3v) is 3.66. The summed E-state index contributed by atoms with van der Waals surface area (Å²) in [5.74, 6) is -0.437. The molecule has 1 fully saturated rings. The van der Waals surface area contributed by atoms with Gasteiger partial charge in [-0.25, -0.2) is 0 Å². The van der Waals surface area contributed by atoms with Gasteiger partial charge in [0.1, 0.15) is 5.69 Å². The Balaban J connectivity index is 1.83. The van der Waals surface area contributed by atoms with E-state index < -0.39 is 0 Å². The Morgan fingerprint density at radius 2 is 2.30 bits per heavy atom. The van der Waals surface area contributed by atoms with Crippen LogP contribution in [-0.4, -0.2) is 52.6 Å². The zero-order valence-electron chi connectivity index (χ0n) is 11.7. The number of aromatic nitrogens is 1. The zero-order valence-corrected chi connectivity index (χ0v) is 11.7. The van der Waals surface area contributed by atoms with E-state index in [4.69, 9.17) is 5.11 Å². The van der Waals surface area contributed by atoms with Crippen LogP contribution < -0.4 is 5.32 Å². The van der Waals surface area contributed by atoms with Gasteiger partial charge < -0.3 is 9.67 Å². The van der Waals surface area contributed by atoms with Crippen LogP contribution in [0, 0.1) is 5.92 Å². The van der Waals surface area contributed by atoms with Crippen LogP contribution in [0.25, 0.3) is 0 Å². The minimum Gasteiger partial charge on any atom is -0.396 e. The molecule has 2 heterocycles. The summed E-state index contributed by atoms with van der Waals surface area (Å²) >= 11 is 0. The Morgan fingerprint density at radius 3 is 2.95 bits per heavy atom. The molecule has 1 aliphatic heterocycles. The largest absolute Gasteiger partial charge is 0.396 e. The first kappa shape index (κ1) is 14.7. The number of piperidine rings is 1. The standard InChI is InChI=1S/C14H21N3O3/c1-16-6-3-5-12(16)14(20)15-13(19)9-17-7-2-4-11(8-17)10-18/h3,5-6,11,18H,2,4,7-10H2,1H3,(H,15,19,20). The number of aliphatic hydroxyl groups excluding tert-OH is 1. The van der Waals surface area contributed by atoms with E-state index in [1.807, 2.05) is 4.90 Å². The summed E-state index contributed by atoms with van der Waals surface area (Å²) in [5.41, 5.74) is 0.463. The maximum atomic E-state index is 11.9. The number of nitrogens with one attached hydrogen (secondary N) is 1. The summed E-state index contributed by atoms with van der Waals surface area (Å²) in [6.45, 7) is 1.90. The van der Waals surface area contributed by atoms with Crippen LogP contribution in [0.2, 0.25) is 0 Å². The Morgan fingerprint density at radius 1 is 1.50 bits per heavy atom. The molecule has 2 rings (SSSR count). The predicted molar refractivity (Wildman–Crippen MR) is 74.1 cm³/mol. The van der Waals surface area contributed by atoms with Crippen molar-refractivity contribution < 1.29 is 14.7 Å². The van der Waals surface area contributed by atoms with Gasteiger partial charge in [-0.3, -0.25) is 19.8 Å². The molecule has 0 saturated carbocycles. The highest BCUT2D eigenvalue weighted by molar-refractivity contribution is 6.04. The smallest absolute Gasteiger partial charge is 0.274 e. The van der Waals surface area contributed by atoms with E-state index >= 15 is 0 Å². The number of aliphatic hydroxyl groups is 1. The number of hydrogen-bond donors (Lipinski definition) is 2. The van der Waals surface area contributed by atoms with Gasteiger partial charge in [0, 0.05) is 26.4 Å². The van der Waals surface area contributed by atoms with Crippen LogP contribution in [0.1, 0.15) is 23.3 Å². The van der Waals surface area contributed by atoms with Crippen molar-refractivity contribution in [3.8, 4) is 0 Å². The molecule has 6 heteroatoms. The number of aryl methyl sites for hydroxylation is 1. The molecule has 0 aliphatic carbocycles. The van der Waals surface area contributed by atoms with Gasteiger partial charge in [0.15, 0.2) is 0 Å². The lowest BCUT2D eigenvalue weighted by Crippen LogP contribution is -2.44. The lowest BCUT2D eigenvalue weighted by Gasteiger charge is -2.30. The van der Waals surface area contributed by atoms with Crippen molar-refractivity contribution in [1.82, 2.24) is 14.8 Å². The molecular formula is C14H21N3O3. The molecular weight excluding hydrogens is 258 g/mol. The third-order valence-electron chi connectivity index (χ3n) is 3.66. The fraction of sp³-hybridized carbons (Fsp3) is 0.571. The third kappa shape index (κ3) is 3.68. The molecule has 0 bridgehead atoms. The molecule has 1 aromatic rings. The molecule has 20 heavy (non-hydrogen) atoms.